The van der Waals surface area contributed by atoms with E-state index in [1.807, 2.05) is 26.0 Å². The molecule has 5 rings (SSSR count). The van der Waals surface area contributed by atoms with Gasteiger partial charge in [0.2, 0.25) is 0 Å². The van der Waals surface area contributed by atoms with Crippen LogP contribution in [-0.4, -0.2) is 45.7 Å². The van der Waals surface area contributed by atoms with Crippen molar-refractivity contribution >= 4 is 10.9 Å². The lowest BCUT2D eigenvalue weighted by atomic mass is 9.96. The predicted octanol–water partition coefficient (Wildman–Crippen LogP) is 4.70. The lowest BCUT2D eigenvalue weighted by Gasteiger charge is -2.24. The molecule has 0 amide bonds. The van der Waals surface area contributed by atoms with Gasteiger partial charge in [-0.15, -0.1) is 0 Å². The van der Waals surface area contributed by atoms with E-state index in [0.29, 0.717) is 34.7 Å². The first-order chi connectivity index (χ1) is 17.3. The molecule has 36 heavy (non-hydrogen) atoms. The van der Waals surface area contributed by atoms with Crippen LogP contribution in [0.25, 0.3) is 27.7 Å². The van der Waals surface area contributed by atoms with Gasteiger partial charge in [-0.3, -0.25) is 14.3 Å². The van der Waals surface area contributed by atoms with E-state index in [1.54, 1.807) is 35.0 Å². The van der Waals surface area contributed by atoms with Crippen molar-refractivity contribution in [2.24, 2.45) is 0 Å². The standard InChI is InChI=1S/C29H31FN4O2/c1-18-10-20(13-21(30)11-18)25-15-32-27-12-19(2)34(23-7-4-8-24(35)14-23)29(36)28(27)26(25)17-33(3)16-22-6-5-9-31-22/h4,7-8,10-15,22,31,35H,5-6,9,16-17H2,1-3H3/t22-/m0/s1. The Balaban J connectivity index is 1.73. The fourth-order valence-electron chi connectivity index (χ4n) is 5.33. The van der Waals surface area contributed by atoms with Crippen LogP contribution in [0, 0.1) is 19.7 Å². The molecule has 3 heterocycles. The highest BCUT2D eigenvalue weighted by atomic mass is 19.1. The van der Waals surface area contributed by atoms with Crippen LogP contribution in [0.15, 0.2) is 59.5 Å². The maximum Gasteiger partial charge on any atom is 0.265 e. The van der Waals surface area contributed by atoms with Gasteiger partial charge in [0.05, 0.1) is 16.6 Å². The van der Waals surface area contributed by atoms with Gasteiger partial charge in [-0.05, 0) is 87.3 Å². The Bertz CT molecular complexity index is 1470. The number of pyridine rings is 2. The van der Waals surface area contributed by atoms with Crippen molar-refractivity contribution in [3.8, 4) is 22.6 Å². The van der Waals surface area contributed by atoms with Crippen molar-refractivity contribution in [3.05, 3.63) is 87.7 Å². The molecule has 7 heteroatoms. The fourth-order valence-corrected chi connectivity index (χ4v) is 5.33. The molecule has 2 aromatic carbocycles. The number of aromatic hydroxyl groups is 1. The fraction of sp³-hybridized carbons (Fsp3) is 0.310. The van der Waals surface area contributed by atoms with Crippen LogP contribution >= 0.6 is 0 Å². The summed E-state index contributed by atoms with van der Waals surface area (Å²) in [7, 11) is 2.05. The molecule has 1 saturated heterocycles. The van der Waals surface area contributed by atoms with E-state index in [9.17, 15) is 14.3 Å². The molecule has 1 atom stereocenters. The number of aryl methyl sites for hydroxylation is 2. The summed E-state index contributed by atoms with van der Waals surface area (Å²) in [6.07, 6.45) is 4.05. The number of aromatic nitrogens is 2. The van der Waals surface area contributed by atoms with E-state index in [4.69, 9.17) is 0 Å². The third-order valence-corrected chi connectivity index (χ3v) is 6.89. The number of rotatable bonds is 6. The van der Waals surface area contributed by atoms with Crippen molar-refractivity contribution in [1.29, 1.82) is 0 Å². The predicted molar refractivity (Wildman–Crippen MR) is 141 cm³/mol. The van der Waals surface area contributed by atoms with Crippen molar-refractivity contribution < 1.29 is 9.50 Å². The summed E-state index contributed by atoms with van der Waals surface area (Å²) in [5.41, 5.74) is 4.78. The molecule has 1 aliphatic rings. The molecule has 0 aliphatic carbocycles. The van der Waals surface area contributed by atoms with Gasteiger partial charge in [-0.1, -0.05) is 12.1 Å². The minimum Gasteiger partial charge on any atom is -0.508 e. The van der Waals surface area contributed by atoms with Gasteiger partial charge in [0.1, 0.15) is 11.6 Å². The lowest BCUT2D eigenvalue weighted by molar-refractivity contribution is 0.294. The van der Waals surface area contributed by atoms with Crippen molar-refractivity contribution in [2.45, 2.75) is 39.3 Å². The zero-order valence-corrected chi connectivity index (χ0v) is 20.9. The summed E-state index contributed by atoms with van der Waals surface area (Å²) in [6, 6.07) is 13.9. The molecule has 6 nitrogen and oxygen atoms in total. The van der Waals surface area contributed by atoms with Crippen molar-refractivity contribution in [3.63, 3.8) is 0 Å². The maximum absolute atomic E-state index is 14.4. The topological polar surface area (TPSA) is 70.4 Å². The molecule has 2 N–H and O–H groups in total. The van der Waals surface area contributed by atoms with E-state index in [-0.39, 0.29) is 17.1 Å². The molecule has 0 radical (unpaired) electrons. The smallest absolute Gasteiger partial charge is 0.265 e. The van der Waals surface area contributed by atoms with E-state index in [2.05, 4.69) is 22.2 Å². The molecule has 0 bridgehead atoms. The molecule has 1 aliphatic heterocycles. The molecule has 186 valence electrons. The van der Waals surface area contributed by atoms with Gasteiger partial charge in [0.25, 0.3) is 5.56 Å². The second-order valence-corrected chi connectivity index (χ2v) is 9.86. The molecule has 0 saturated carbocycles. The normalized spacial score (nSPS) is 15.8. The Kier molecular flexibility index (Phi) is 6.60. The molecule has 1 fully saturated rings. The Labute approximate surface area is 210 Å². The average Bonchev–Trinajstić information content (AvgIpc) is 3.31. The number of benzene rings is 2. The van der Waals surface area contributed by atoms with Crippen LogP contribution in [-0.2, 0) is 6.54 Å². The van der Waals surface area contributed by atoms with E-state index >= 15 is 0 Å². The van der Waals surface area contributed by atoms with Crippen LogP contribution in [0.5, 0.6) is 5.75 Å². The van der Waals surface area contributed by atoms with Crippen LogP contribution < -0.4 is 10.9 Å². The monoisotopic (exact) mass is 486 g/mol. The highest BCUT2D eigenvalue weighted by Crippen LogP contribution is 2.31. The Morgan fingerprint density at radius 2 is 2.03 bits per heavy atom. The minimum absolute atomic E-state index is 0.0880. The number of nitrogens with one attached hydrogen (secondary N) is 1. The zero-order valence-electron chi connectivity index (χ0n) is 20.9. The second-order valence-electron chi connectivity index (χ2n) is 9.86. The van der Waals surface area contributed by atoms with Gasteiger partial charge in [0, 0.05) is 42.7 Å². The average molecular weight is 487 g/mol. The number of phenols is 1. The van der Waals surface area contributed by atoms with Gasteiger partial charge in [-0.25, -0.2) is 4.39 Å². The number of likely N-dealkylation sites (N-methyl/N-ethyl adjacent to an activating group) is 1. The number of nitrogens with zero attached hydrogens (tertiary/aromatic N) is 3. The number of phenolic OH excluding ortho intramolecular Hbond substituents is 1. The van der Waals surface area contributed by atoms with E-state index < -0.39 is 0 Å². The molecular weight excluding hydrogens is 455 g/mol. The quantitative estimate of drug-likeness (QED) is 0.414. The first-order valence-corrected chi connectivity index (χ1v) is 12.3. The van der Waals surface area contributed by atoms with Crippen LogP contribution in [0.2, 0.25) is 0 Å². The number of halogens is 1. The number of fused-ring (bicyclic) bond motifs is 1. The Morgan fingerprint density at radius 1 is 1.19 bits per heavy atom. The summed E-state index contributed by atoms with van der Waals surface area (Å²) in [4.78, 5) is 20.9. The zero-order chi connectivity index (χ0) is 25.4. The first-order valence-electron chi connectivity index (χ1n) is 12.3. The first kappa shape index (κ1) is 24.2. The largest absolute Gasteiger partial charge is 0.508 e. The summed E-state index contributed by atoms with van der Waals surface area (Å²) in [5.74, 6) is -0.231. The van der Waals surface area contributed by atoms with Crippen LogP contribution in [0.1, 0.15) is 29.7 Å². The highest BCUT2D eigenvalue weighted by Gasteiger charge is 2.21. The summed E-state index contributed by atoms with van der Waals surface area (Å²) >= 11 is 0. The second kappa shape index (κ2) is 9.84. The molecule has 0 spiro atoms. The van der Waals surface area contributed by atoms with E-state index in [1.165, 1.54) is 18.6 Å². The lowest BCUT2D eigenvalue weighted by Crippen LogP contribution is -2.35. The third kappa shape index (κ3) is 4.76. The molecule has 0 unspecified atom stereocenters. The Hall–Kier alpha value is -3.55. The SMILES string of the molecule is Cc1cc(F)cc(-c2cnc3cc(C)n(-c4cccc(O)c4)c(=O)c3c2CN(C)C[C@@H]2CCCN2)c1. The molecule has 2 aromatic heterocycles. The number of hydrogen-bond acceptors (Lipinski definition) is 5. The van der Waals surface area contributed by atoms with E-state index in [0.717, 1.165) is 41.9 Å². The van der Waals surface area contributed by atoms with Gasteiger partial charge >= 0.3 is 0 Å². The summed E-state index contributed by atoms with van der Waals surface area (Å²) in [6.45, 7) is 6.10. The Morgan fingerprint density at radius 3 is 2.75 bits per heavy atom. The van der Waals surface area contributed by atoms with Gasteiger partial charge in [-0.2, -0.15) is 0 Å². The van der Waals surface area contributed by atoms with Gasteiger partial charge in [0.15, 0.2) is 0 Å². The maximum atomic E-state index is 14.4. The minimum atomic E-state index is -0.319. The van der Waals surface area contributed by atoms with Crippen molar-refractivity contribution in [2.75, 3.05) is 20.1 Å². The number of hydrogen-bond donors (Lipinski definition) is 2. The van der Waals surface area contributed by atoms with Crippen LogP contribution in [0.4, 0.5) is 4.39 Å². The summed E-state index contributed by atoms with van der Waals surface area (Å²) in [5, 5.41) is 14.1. The van der Waals surface area contributed by atoms with Crippen molar-refractivity contribution in [1.82, 2.24) is 19.8 Å². The molecule has 4 aromatic rings. The van der Waals surface area contributed by atoms with Crippen LogP contribution in [0.3, 0.4) is 0 Å². The summed E-state index contributed by atoms with van der Waals surface area (Å²) < 4.78 is 16.0. The highest BCUT2D eigenvalue weighted by molar-refractivity contribution is 5.88. The third-order valence-electron chi connectivity index (χ3n) is 6.89. The molecular formula is C29H31FN4O2. The van der Waals surface area contributed by atoms with Gasteiger partial charge < -0.3 is 15.3 Å².